The van der Waals surface area contributed by atoms with Crippen molar-refractivity contribution >= 4 is 33.2 Å². The second-order valence-electron chi connectivity index (χ2n) is 4.68. The van der Waals surface area contributed by atoms with Crippen LogP contribution in [0.25, 0.3) is 0 Å². The highest BCUT2D eigenvalue weighted by Gasteiger charge is 2.18. The number of aryl methyl sites for hydroxylation is 1. The summed E-state index contributed by atoms with van der Waals surface area (Å²) in [5.74, 6) is -0.408. The number of amides is 1. The number of rotatable bonds is 4. The number of carbonyl (C=O) groups excluding carboxylic acids is 1. The van der Waals surface area contributed by atoms with E-state index in [4.69, 9.17) is 11.6 Å². The predicted octanol–water partition coefficient (Wildman–Crippen LogP) is 2.81. The van der Waals surface area contributed by atoms with Crippen LogP contribution in [-0.2, 0) is 10.0 Å². The first-order valence-electron chi connectivity index (χ1n) is 6.44. The van der Waals surface area contributed by atoms with Gasteiger partial charge in [0.1, 0.15) is 4.90 Å². The molecule has 2 N–H and O–H groups in total. The lowest BCUT2D eigenvalue weighted by atomic mass is 10.2. The van der Waals surface area contributed by atoms with Gasteiger partial charge in [-0.25, -0.2) is 13.1 Å². The maximum atomic E-state index is 12.2. The second-order valence-corrected chi connectivity index (χ2v) is 6.94. The standard InChI is InChI=1S/C15H15ClN2O3S/c1-10-4-3-5-12(8-10)18-15(19)11-6-7-13(16)14(9-11)22(20,21)17-2/h3-9,17H,1-2H3,(H,18,19). The summed E-state index contributed by atoms with van der Waals surface area (Å²) >= 11 is 5.89. The minimum absolute atomic E-state index is 0.0569. The minimum Gasteiger partial charge on any atom is -0.322 e. The molecule has 1 amide bonds. The molecule has 0 saturated carbocycles. The molecule has 0 radical (unpaired) electrons. The van der Waals surface area contributed by atoms with Crippen LogP contribution < -0.4 is 10.0 Å². The molecule has 0 aliphatic rings. The molecule has 7 heteroatoms. The summed E-state index contributed by atoms with van der Waals surface area (Å²) < 4.78 is 25.9. The zero-order chi connectivity index (χ0) is 16.3. The van der Waals surface area contributed by atoms with Crippen LogP contribution in [0.5, 0.6) is 0 Å². The molecule has 0 aliphatic carbocycles. The summed E-state index contributed by atoms with van der Waals surface area (Å²) in [5, 5.41) is 2.77. The van der Waals surface area contributed by atoms with Crippen LogP contribution in [0.2, 0.25) is 5.02 Å². The summed E-state index contributed by atoms with van der Waals surface area (Å²) in [6.45, 7) is 1.91. The minimum atomic E-state index is -3.73. The first kappa shape index (κ1) is 16.5. The average Bonchev–Trinajstić information content (AvgIpc) is 2.47. The van der Waals surface area contributed by atoms with E-state index in [-0.39, 0.29) is 15.5 Å². The third kappa shape index (κ3) is 3.65. The number of sulfonamides is 1. The highest BCUT2D eigenvalue weighted by molar-refractivity contribution is 7.89. The average molecular weight is 339 g/mol. The van der Waals surface area contributed by atoms with Crippen molar-refractivity contribution in [1.29, 1.82) is 0 Å². The summed E-state index contributed by atoms with van der Waals surface area (Å²) in [4.78, 5) is 12.1. The molecule has 0 aromatic heterocycles. The van der Waals surface area contributed by atoms with Crippen LogP contribution in [0, 0.1) is 6.92 Å². The second kappa shape index (κ2) is 6.48. The van der Waals surface area contributed by atoms with Gasteiger partial charge in [0, 0.05) is 11.3 Å². The van der Waals surface area contributed by atoms with E-state index in [1.165, 1.54) is 25.2 Å². The third-order valence-corrected chi connectivity index (χ3v) is 4.92. The summed E-state index contributed by atoms with van der Waals surface area (Å²) in [6, 6.07) is 11.4. The van der Waals surface area contributed by atoms with Gasteiger partial charge in [-0.1, -0.05) is 23.7 Å². The molecule has 0 fully saturated rings. The Morgan fingerprint density at radius 1 is 1.14 bits per heavy atom. The molecule has 22 heavy (non-hydrogen) atoms. The van der Waals surface area contributed by atoms with Gasteiger partial charge >= 0.3 is 0 Å². The fraction of sp³-hybridized carbons (Fsp3) is 0.133. The van der Waals surface area contributed by atoms with Crippen LogP contribution in [0.3, 0.4) is 0 Å². The molecule has 0 atom stereocenters. The van der Waals surface area contributed by atoms with Gasteiger partial charge in [-0.2, -0.15) is 0 Å². The van der Waals surface area contributed by atoms with Gasteiger partial charge < -0.3 is 5.32 Å². The molecule has 5 nitrogen and oxygen atoms in total. The summed E-state index contributed by atoms with van der Waals surface area (Å²) in [7, 11) is -2.44. The molecule has 2 rings (SSSR count). The van der Waals surface area contributed by atoms with Gasteiger partial charge in [0.05, 0.1) is 5.02 Å². The molecule has 0 spiro atoms. The van der Waals surface area contributed by atoms with E-state index >= 15 is 0 Å². The number of carbonyl (C=O) groups is 1. The molecule has 0 heterocycles. The first-order chi connectivity index (χ1) is 10.3. The molecular formula is C15H15ClN2O3S. The Morgan fingerprint density at radius 3 is 2.50 bits per heavy atom. The molecule has 2 aromatic carbocycles. The van der Waals surface area contributed by atoms with Crippen molar-refractivity contribution in [1.82, 2.24) is 4.72 Å². The Kier molecular flexibility index (Phi) is 4.85. The van der Waals surface area contributed by atoms with Crippen molar-refractivity contribution in [3.05, 3.63) is 58.6 Å². The lowest BCUT2D eigenvalue weighted by Gasteiger charge is -2.09. The van der Waals surface area contributed by atoms with E-state index in [9.17, 15) is 13.2 Å². The molecule has 0 unspecified atom stereocenters. The molecule has 116 valence electrons. The normalized spacial score (nSPS) is 11.2. The van der Waals surface area contributed by atoms with Crippen molar-refractivity contribution in [2.24, 2.45) is 0 Å². The zero-order valence-corrected chi connectivity index (χ0v) is 13.6. The van der Waals surface area contributed by atoms with Gasteiger partial charge in [0.15, 0.2) is 0 Å². The smallest absolute Gasteiger partial charge is 0.255 e. The van der Waals surface area contributed by atoms with Crippen molar-refractivity contribution in [3.8, 4) is 0 Å². The number of hydrogen-bond donors (Lipinski definition) is 2. The Hall–Kier alpha value is -1.89. The molecule has 2 aromatic rings. The molecule has 0 saturated heterocycles. The first-order valence-corrected chi connectivity index (χ1v) is 8.31. The van der Waals surface area contributed by atoms with E-state index in [0.717, 1.165) is 5.56 Å². The maximum absolute atomic E-state index is 12.2. The van der Waals surface area contributed by atoms with Gasteiger partial charge in [-0.05, 0) is 49.9 Å². The molecule has 0 bridgehead atoms. The number of halogens is 1. The van der Waals surface area contributed by atoms with Crippen LogP contribution in [-0.4, -0.2) is 21.4 Å². The van der Waals surface area contributed by atoms with Crippen molar-refractivity contribution in [2.45, 2.75) is 11.8 Å². The summed E-state index contributed by atoms with van der Waals surface area (Å²) in [6.07, 6.45) is 0. The molecule has 0 aliphatic heterocycles. The van der Waals surface area contributed by atoms with E-state index in [1.807, 2.05) is 25.1 Å². The Morgan fingerprint density at radius 2 is 1.86 bits per heavy atom. The number of hydrogen-bond acceptors (Lipinski definition) is 3. The monoisotopic (exact) mass is 338 g/mol. The zero-order valence-electron chi connectivity index (χ0n) is 12.1. The fourth-order valence-corrected chi connectivity index (χ4v) is 3.14. The van der Waals surface area contributed by atoms with Crippen LogP contribution in [0.1, 0.15) is 15.9 Å². The quantitative estimate of drug-likeness (QED) is 0.900. The van der Waals surface area contributed by atoms with Crippen molar-refractivity contribution < 1.29 is 13.2 Å². The fourth-order valence-electron chi connectivity index (χ4n) is 1.89. The van der Waals surface area contributed by atoms with Crippen molar-refractivity contribution in [2.75, 3.05) is 12.4 Å². The maximum Gasteiger partial charge on any atom is 0.255 e. The van der Waals surface area contributed by atoms with Gasteiger partial charge in [-0.15, -0.1) is 0 Å². The van der Waals surface area contributed by atoms with Crippen LogP contribution in [0.4, 0.5) is 5.69 Å². The van der Waals surface area contributed by atoms with Gasteiger partial charge in [-0.3, -0.25) is 4.79 Å². The largest absolute Gasteiger partial charge is 0.322 e. The van der Waals surface area contributed by atoms with E-state index in [0.29, 0.717) is 5.69 Å². The van der Waals surface area contributed by atoms with Crippen molar-refractivity contribution in [3.63, 3.8) is 0 Å². The van der Waals surface area contributed by atoms with E-state index in [2.05, 4.69) is 10.0 Å². The molecular weight excluding hydrogens is 324 g/mol. The summed E-state index contributed by atoms with van der Waals surface area (Å²) in [5.41, 5.74) is 1.85. The highest BCUT2D eigenvalue weighted by Crippen LogP contribution is 2.23. The third-order valence-electron chi connectivity index (χ3n) is 3.03. The van der Waals surface area contributed by atoms with Crippen LogP contribution >= 0.6 is 11.6 Å². The Labute approximate surface area is 134 Å². The van der Waals surface area contributed by atoms with Crippen LogP contribution in [0.15, 0.2) is 47.4 Å². The number of nitrogens with one attached hydrogen (secondary N) is 2. The lowest BCUT2D eigenvalue weighted by molar-refractivity contribution is 0.102. The Balaban J connectivity index is 2.33. The Bertz CT molecular complexity index is 819. The topological polar surface area (TPSA) is 75.3 Å². The lowest BCUT2D eigenvalue weighted by Crippen LogP contribution is -2.20. The predicted molar refractivity (Wildman–Crippen MR) is 86.8 cm³/mol. The van der Waals surface area contributed by atoms with E-state index < -0.39 is 15.9 Å². The van der Waals surface area contributed by atoms with E-state index in [1.54, 1.807) is 6.07 Å². The van der Waals surface area contributed by atoms with Gasteiger partial charge in [0.25, 0.3) is 5.91 Å². The van der Waals surface area contributed by atoms with Gasteiger partial charge in [0.2, 0.25) is 10.0 Å². The highest BCUT2D eigenvalue weighted by atomic mass is 35.5. The number of benzene rings is 2. The number of anilines is 1. The SMILES string of the molecule is CNS(=O)(=O)c1cc(C(=O)Nc2cccc(C)c2)ccc1Cl.